The fourth-order valence-corrected chi connectivity index (χ4v) is 10.9. The van der Waals surface area contributed by atoms with Gasteiger partial charge in [-0.2, -0.15) is 0 Å². The van der Waals surface area contributed by atoms with Crippen molar-refractivity contribution in [2.24, 2.45) is 0 Å². The van der Waals surface area contributed by atoms with Gasteiger partial charge in [-0.15, -0.1) is 0 Å². The molecule has 0 saturated heterocycles. The van der Waals surface area contributed by atoms with Gasteiger partial charge in [0.2, 0.25) is 0 Å². The molecule has 0 radical (unpaired) electrons. The van der Waals surface area contributed by atoms with Crippen LogP contribution in [0.2, 0.25) is 0 Å². The monoisotopic (exact) mass is 895 g/mol. The molecule has 5 heteroatoms. The minimum atomic E-state index is -0.326. The lowest BCUT2D eigenvalue weighted by molar-refractivity contribution is 0.446. The number of aromatic hydroxyl groups is 1. The number of fused-ring (bicyclic) bond motifs is 3. The van der Waals surface area contributed by atoms with Crippen molar-refractivity contribution in [3.05, 3.63) is 168 Å². The van der Waals surface area contributed by atoms with Gasteiger partial charge in [-0.05, 0) is 115 Å². The van der Waals surface area contributed by atoms with E-state index in [-0.39, 0.29) is 27.4 Å². The van der Waals surface area contributed by atoms with Crippen LogP contribution in [0.25, 0.3) is 83.5 Å². The van der Waals surface area contributed by atoms with E-state index in [9.17, 15) is 5.11 Å². The van der Waals surface area contributed by atoms with E-state index in [0.29, 0.717) is 5.82 Å². The molecule has 0 unspecified atom stereocenters. The molecule has 1 N–H and O–H groups in total. The molecule has 0 saturated carbocycles. The molecule has 336 valence electrons. The van der Waals surface area contributed by atoms with Gasteiger partial charge in [0.05, 0.1) is 28.0 Å². The summed E-state index contributed by atoms with van der Waals surface area (Å²) < 4.78 is 2.31. The summed E-state index contributed by atoms with van der Waals surface area (Å²) in [7, 11) is 0. The number of benzene rings is 7. The third-order valence-corrected chi connectivity index (χ3v) is 14.7. The van der Waals surface area contributed by atoms with Gasteiger partial charge >= 0.3 is 0 Å². The van der Waals surface area contributed by atoms with E-state index >= 15 is 0 Å². The van der Waals surface area contributed by atoms with Gasteiger partial charge in [-0.1, -0.05) is 186 Å². The lowest BCUT2D eigenvalue weighted by Gasteiger charge is -2.28. The molecule has 9 aromatic rings. The van der Waals surface area contributed by atoms with Crippen LogP contribution in [-0.2, 0) is 21.7 Å². The Labute approximate surface area is 401 Å². The van der Waals surface area contributed by atoms with E-state index in [0.717, 1.165) is 66.9 Å². The topological polar surface area (TPSA) is 50.9 Å². The van der Waals surface area contributed by atoms with E-state index in [4.69, 9.17) is 9.97 Å². The zero-order valence-electron chi connectivity index (χ0n) is 41.1. The molecule has 1 aliphatic rings. The predicted molar refractivity (Wildman–Crippen MR) is 284 cm³/mol. The second kappa shape index (κ2) is 15.8. The molecular weight excluding hydrogens is 835 g/mol. The van der Waals surface area contributed by atoms with Crippen LogP contribution in [0.5, 0.6) is 5.75 Å². The predicted octanol–water partition coefficient (Wildman–Crippen LogP) is 17.3. The van der Waals surface area contributed by atoms with E-state index in [1.54, 1.807) is 0 Å². The second-order valence-corrected chi connectivity index (χ2v) is 23.6. The fourth-order valence-electron chi connectivity index (χ4n) is 9.66. The molecule has 3 heterocycles. The maximum Gasteiger partial charge on any atom is 0.149 e. The molecule has 4 nitrogen and oxygen atoms in total. The van der Waals surface area contributed by atoms with Crippen LogP contribution < -0.4 is 0 Å². The average molecular weight is 896 g/mol. The van der Waals surface area contributed by atoms with E-state index in [1.807, 2.05) is 18.0 Å². The number of phenolic OH excluding ortho intramolecular Hbond substituents is 1. The Bertz CT molecular complexity index is 3420. The van der Waals surface area contributed by atoms with Crippen LogP contribution >= 0.6 is 11.8 Å². The summed E-state index contributed by atoms with van der Waals surface area (Å²) >= 11 is 1.82. The molecule has 0 fully saturated rings. The minimum Gasteiger partial charge on any atom is -0.507 e. The van der Waals surface area contributed by atoms with E-state index in [2.05, 4.69) is 227 Å². The van der Waals surface area contributed by atoms with Crippen molar-refractivity contribution in [2.75, 3.05) is 0 Å². The summed E-state index contributed by atoms with van der Waals surface area (Å²) in [6.07, 6.45) is 1.97. The first-order valence-electron chi connectivity index (χ1n) is 23.6. The maximum atomic E-state index is 12.6. The molecule has 10 rings (SSSR count). The molecular formula is C62H61N3OS. The van der Waals surface area contributed by atoms with Gasteiger partial charge in [0.15, 0.2) is 0 Å². The molecule has 0 spiro atoms. The number of para-hydroxylation sites is 1. The van der Waals surface area contributed by atoms with Gasteiger partial charge in [0, 0.05) is 43.6 Å². The number of imidazole rings is 1. The van der Waals surface area contributed by atoms with Crippen molar-refractivity contribution >= 4 is 33.6 Å². The second-order valence-electron chi connectivity index (χ2n) is 22.6. The summed E-state index contributed by atoms with van der Waals surface area (Å²) in [4.78, 5) is 13.3. The first-order chi connectivity index (χ1) is 31.7. The van der Waals surface area contributed by atoms with Gasteiger partial charge in [-0.3, -0.25) is 9.55 Å². The summed E-state index contributed by atoms with van der Waals surface area (Å²) in [6, 6.07) is 50.9. The quantitative estimate of drug-likeness (QED) is 0.187. The lowest BCUT2D eigenvalue weighted by atomic mass is 9.79. The highest BCUT2D eigenvalue weighted by atomic mass is 32.2. The highest BCUT2D eigenvalue weighted by molar-refractivity contribution is 8.00. The van der Waals surface area contributed by atoms with Crippen molar-refractivity contribution in [2.45, 2.75) is 115 Å². The molecule has 1 aliphatic heterocycles. The summed E-state index contributed by atoms with van der Waals surface area (Å²) in [5.41, 5.74) is 16.1. The summed E-state index contributed by atoms with van der Waals surface area (Å²) in [5.74, 6) is 0.963. The third-order valence-electron chi connectivity index (χ3n) is 13.6. The summed E-state index contributed by atoms with van der Waals surface area (Å²) in [5, 5.41) is 15.2. The highest BCUT2D eigenvalue weighted by Gasteiger charge is 2.31. The molecule has 7 aromatic carbocycles. The Morgan fingerprint density at radius 1 is 0.493 bits per heavy atom. The van der Waals surface area contributed by atoms with E-state index in [1.165, 1.54) is 42.8 Å². The highest BCUT2D eigenvalue weighted by Crippen LogP contribution is 2.52. The molecule has 0 bridgehead atoms. The van der Waals surface area contributed by atoms with Crippen molar-refractivity contribution < 1.29 is 5.11 Å². The zero-order valence-corrected chi connectivity index (χ0v) is 41.9. The Morgan fingerprint density at radius 2 is 1.13 bits per heavy atom. The number of nitrogens with zero attached hydrogens (tertiary/aromatic N) is 3. The number of hydrogen-bond donors (Lipinski definition) is 1. The van der Waals surface area contributed by atoms with Crippen LogP contribution in [0.15, 0.2) is 156 Å². The van der Waals surface area contributed by atoms with Crippen molar-refractivity contribution in [1.29, 1.82) is 0 Å². The van der Waals surface area contributed by atoms with Crippen molar-refractivity contribution in [3.63, 3.8) is 0 Å². The molecule has 67 heavy (non-hydrogen) atoms. The lowest BCUT2D eigenvalue weighted by Crippen LogP contribution is -2.17. The Kier molecular flexibility index (Phi) is 10.5. The van der Waals surface area contributed by atoms with Crippen molar-refractivity contribution in [1.82, 2.24) is 14.5 Å². The third kappa shape index (κ3) is 7.85. The maximum absolute atomic E-state index is 12.6. The van der Waals surface area contributed by atoms with Gasteiger partial charge in [0.25, 0.3) is 0 Å². The van der Waals surface area contributed by atoms with Gasteiger partial charge in [0.1, 0.15) is 11.6 Å². The van der Waals surface area contributed by atoms with Crippen molar-refractivity contribution in [3.8, 4) is 67.5 Å². The van der Waals surface area contributed by atoms with Crippen LogP contribution in [0.1, 0.15) is 105 Å². The smallest absolute Gasteiger partial charge is 0.149 e. The molecule has 0 amide bonds. The molecule has 0 aliphatic carbocycles. The first-order valence-corrected chi connectivity index (χ1v) is 24.4. The molecule has 0 atom stereocenters. The van der Waals surface area contributed by atoms with Crippen LogP contribution in [0, 0.1) is 0 Å². The Morgan fingerprint density at radius 3 is 1.84 bits per heavy atom. The number of phenols is 1. The average Bonchev–Trinajstić information content (AvgIpc) is 3.67. The zero-order chi connectivity index (χ0) is 47.4. The van der Waals surface area contributed by atoms with Crippen LogP contribution in [0.3, 0.4) is 0 Å². The van der Waals surface area contributed by atoms with Gasteiger partial charge < -0.3 is 5.11 Å². The standard InChI is InChI=1S/C62H61N3OS/c1-59(2,3)41-27-28-50(47(34-41)37-19-14-13-15-20-37)65-51-25-18-23-44(55(51)64-58(65)48-35-43(61(7,8)9)36-49(56(48)66)62(10,11)12)39-31-40(33-42(32-39)60(4,5)6)54-57-46(29-30-63-54)45-24-16-21-38-22-17-26-52(67-57)53(38)45/h13-36,66H,1-12H3. The fraction of sp³-hybridized carbons (Fsp3) is 0.258. The minimum absolute atomic E-state index is 0.0755. The largest absolute Gasteiger partial charge is 0.507 e. The van der Waals surface area contributed by atoms with Crippen LogP contribution in [-0.4, -0.2) is 19.6 Å². The number of aromatic nitrogens is 3. The first kappa shape index (κ1) is 44.4. The normalized spacial score (nSPS) is 13.1. The van der Waals surface area contributed by atoms with Gasteiger partial charge in [-0.25, -0.2) is 4.98 Å². The number of hydrogen-bond acceptors (Lipinski definition) is 4. The van der Waals surface area contributed by atoms with E-state index < -0.39 is 0 Å². The number of rotatable bonds is 5. The number of pyridine rings is 1. The SMILES string of the molecule is CC(C)(C)c1cc(-c2nccc3c2Sc2cccc4cccc-3c24)cc(-c2cccc3c2nc(-c2cc(C(C)(C)C)cc(C(C)(C)C)c2O)n3-c2ccc(C(C)(C)C)cc2-c2ccccc2)c1. The summed E-state index contributed by atoms with van der Waals surface area (Å²) in [6.45, 7) is 26.9. The Balaban J connectivity index is 1.28. The van der Waals surface area contributed by atoms with Crippen LogP contribution in [0.4, 0.5) is 0 Å². The molecule has 2 aromatic heterocycles. The Hall–Kier alpha value is -6.43.